The molecule has 0 aromatic heterocycles. The second-order valence-corrected chi connectivity index (χ2v) is 6.14. The van der Waals surface area contributed by atoms with Crippen LogP contribution in [0.25, 0.3) is 0 Å². The molecule has 0 bridgehead atoms. The van der Waals surface area contributed by atoms with Gasteiger partial charge in [0.2, 0.25) is 0 Å². The third kappa shape index (κ3) is 4.31. The standard InChI is InChI=1S/C19H24N2S/c1-5-16-7-9-17(10-8-16)21-19(22)20-15(4)18-11-6-13(2)12-14(18)3/h6-12,15H,5H2,1-4H3,(H2,20,21,22)/t15-/m1/s1. The minimum atomic E-state index is 0.176. The summed E-state index contributed by atoms with van der Waals surface area (Å²) in [4.78, 5) is 0. The molecule has 2 aromatic carbocycles. The number of hydrogen-bond acceptors (Lipinski definition) is 1. The van der Waals surface area contributed by atoms with Gasteiger partial charge in [-0.1, -0.05) is 42.8 Å². The van der Waals surface area contributed by atoms with Crippen molar-refractivity contribution in [2.45, 2.75) is 40.2 Å². The lowest BCUT2D eigenvalue weighted by atomic mass is 10.0. The van der Waals surface area contributed by atoms with Gasteiger partial charge < -0.3 is 10.6 Å². The number of rotatable bonds is 4. The number of benzene rings is 2. The second-order valence-electron chi connectivity index (χ2n) is 5.73. The summed E-state index contributed by atoms with van der Waals surface area (Å²) < 4.78 is 0. The maximum atomic E-state index is 5.42. The lowest BCUT2D eigenvalue weighted by Gasteiger charge is -2.19. The number of thiocarbonyl (C=S) groups is 1. The summed E-state index contributed by atoms with van der Waals surface area (Å²) in [5.41, 5.74) is 6.19. The van der Waals surface area contributed by atoms with E-state index in [1.54, 1.807) is 0 Å². The van der Waals surface area contributed by atoms with Crippen molar-refractivity contribution in [3.8, 4) is 0 Å². The van der Waals surface area contributed by atoms with Gasteiger partial charge in [-0.3, -0.25) is 0 Å². The average Bonchev–Trinajstić information content (AvgIpc) is 2.47. The highest BCUT2D eigenvalue weighted by atomic mass is 32.1. The minimum Gasteiger partial charge on any atom is -0.356 e. The van der Waals surface area contributed by atoms with Gasteiger partial charge in [0, 0.05) is 5.69 Å². The predicted octanol–water partition coefficient (Wildman–Crippen LogP) is 4.91. The number of aryl methyl sites for hydroxylation is 3. The molecule has 116 valence electrons. The number of hydrogen-bond donors (Lipinski definition) is 2. The first-order valence-corrected chi connectivity index (χ1v) is 8.14. The third-order valence-electron chi connectivity index (χ3n) is 3.86. The van der Waals surface area contributed by atoms with Crippen LogP contribution < -0.4 is 10.6 Å². The Morgan fingerprint density at radius 1 is 1.09 bits per heavy atom. The summed E-state index contributed by atoms with van der Waals surface area (Å²) in [5, 5.41) is 7.25. The lowest BCUT2D eigenvalue weighted by molar-refractivity contribution is 0.717. The molecule has 2 aromatic rings. The topological polar surface area (TPSA) is 24.1 Å². The first kappa shape index (κ1) is 16.5. The molecule has 0 aliphatic rings. The molecule has 22 heavy (non-hydrogen) atoms. The number of anilines is 1. The Bertz CT molecular complexity index is 647. The fourth-order valence-corrected chi connectivity index (χ4v) is 2.87. The van der Waals surface area contributed by atoms with Gasteiger partial charge in [-0.25, -0.2) is 0 Å². The maximum Gasteiger partial charge on any atom is 0.171 e. The van der Waals surface area contributed by atoms with Crippen LogP contribution in [0.15, 0.2) is 42.5 Å². The average molecular weight is 312 g/mol. The monoisotopic (exact) mass is 312 g/mol. The Hall–Kier alpha value is -1.87. The SMILES string of the molecule is CCc1ccc(NC(=S)N[C@H](C)c2ccc(C)cc2C)cc1. The van der Waals surface area contributed by atoms with Crippen LogP contribution in [0.1, 0.15) is 42.1 Å². The molecule has 0 heterocycles. The first-order chi connectivity index (χ1) is 10.5. The van der Waals surface area contributed by atoms with E-state index in [1.165, 1.54) is 22.3 Å². The van der Waals surface area contributed by atoms with Crippen molar-refractivity contribution >= 4 is 23.0 Å². The summed E-state index contributed by atoms with van der Waals surface area (Å²) >= 11 is 5.42. The molecule has 0 aliphatic heterocycles. The Balaban J connectivity index is 1.98. The van der Waals surface area contributed by atoms with E-state index in [0.717, 1.165) is 12.1 Å². The highest BCUT2D eigenvalue weighted by Crippen LogP contribution is 2.19. The Labute approximate surface area is 139 Å². The van der Waals surface area contributed by atoms with Gasteiger partial charge in [0.25, 0.3) is 0 Å². The van der Waals surface area contributed by atoms with E-state index >= 15 is 0 Å². The van der Waals surface area contributed by atoms with Gasteiger partial charge in [0.05, 0.1) is 6.04 Å². The fraction of sp³-hybridized carbons (Fsp3) is 0.316. The largest absolute Gasteiger partial charge is 0.356 e. The summed E-state index contributed by atoms with van der Waals surface area (Å²) in [6.07, 6.45) is 1.05. The van der Waals surface area contributed by atoms with Crippen LogP contribution in [0.5, 0.6) is 0 Å². The molecule has 0 saturated carbocycles. The van der Waals surface area contributed by atoms with Crippen LogP contribution in [-0.2, 0) is 6.42 Å². The van der Waals surface area contributed by atoms with Crippen LogP contribution in [-0.4, -0.2) is 5.11 Å². The van der Waals surface area contributed by atoms with Gasteiger partial charge >= 0.3 is 0 Å². The van der Waals surface area contributed by atoms with E-state index < -0.39 is 0 Å². The van der Waals surface area contributed by atoms with Gasteiger partial charge in [-0.15, -0.1) is 0 Å². The van der Waals surface area contributed by atoms with E-state index in [0.29, 0.717) is 5.11 Å². The molecule has 0 fully saturated rings. The van der Waals surface area contributed by atoms with Crippen LogP contribution in [0.4, 0.5) is 5.69 Å². The molecule has 1 atom stereocenters. The van der Waals surface area contributed by atoms with Gasteiger partial charge in [0.1, 0.15) is 0 Å². The molecule has 0 unspecified atom stereocenters. The zero-order chi connectivity index (χ0) is 16.1. The summed E-state index contributed by atoms with van der Waals surface area (Å²) in [7, 11) is 0. The lowest BCUT2D eigenvalue weighted by Crippen LogP contribution is -2.31. The summed E-state index contributed by atoms with van der Waals surface area (Å²) in [6, 6.07) is 15.1. The molecule has 3 heteroatoms. The molecule has 0 saturated heterocycles. The third-order valence-corrected chi connectivity index (χ3v) is 4.08. The minimum absolute atomic E-state index is 0.176. The van der Waals surface area contributed by atoms with Crippen molar-refractivity contribution in [2.24, 2.45) is 0 Å². The zero-order valence-corrected chi connectivity index (χ0v) is 14.6. The Morgan fingerprint density at radius 2 is 1.77 bits per heavy atom. The van der Waals surface area contributed by atoms with Crippen molar-refractivity contribution in [3.05, 3.63) is 64.7 Å². The second kappa shape index (κ2) is 7.41. The van der Waals surface area contributed by atoms with Crippen LogP contribution in [0, 0.1) is 13.8 Å². The van der Waals surface area contributed by atoms with E-state index in [1.807, 2.05) is 0 Å². The summed E-state index contributed by atoms with van der Waals surface area (Å²) in [6.45, 7) is 8.54. The zero-order valence-electron chi connectivity index (χ0n) is 13.7. The van der Waals surface area contributed by atoms with Crippen molar-refractivity contribution in [1.82, 2.24) is 5.32 Å². The maximum absolute atomic E-state index is 5.42. The quantitative estimate of drug-likeness (QED) is 0.784. The first-order valence-electron chi connectivity index (χ1n) is 7.73. The molecule has 0 aliphatic carbocycles. The summed E-state index contributed by atoms with van der Waals surface area (Å²) in [5.74, 6) is 0. The van der Waals surface area contributed by atoms with E-state index in [9.17, 15) is 0 Å². The predicted molar refractivity (Wildman–Crippen MR) is 99.5 cm³/mol. The van der Waals surface area contributed by atoms with Gasteiger partial charge in [-0.2, -0.15) is 0 Å². The molecule has 0 spiro atoms. The fourth-order valence-electron chi connectivity index (χ4n) is 2.58. The van der Waals surface area contributed by atoms with E-state index in [4.69, 9.17) is 12.2 Å². The molecule has 2 rings (SSSR count). The van der Waals surface area contributed by atoms with Crippen LogP contribution >= 0.6 is 12.2 Å². The van der Waals surface area contributed by atoms with Crippen molar-refractivity contribution in [3.63, 3.8) is 0 Å². The molecule has 0 radical (unpaired) electrons. The Morgan fingerprint density at radius 3 is 2.36 bits per heavy atom. The Kier molecular flexibility index (Phi) is 5.56. The molecule has 2 nitrogen and oxygen atoms in total. The van der Waals surface area contributed by atoms with Crippen molar-refractivity contribution < 1.29 is 0 Å². The number of nitrogens with one attached hydrogen (secondary N) is 2. The van der Waals surface area contributed by atoms with Crippen LogP contribution in [0.3, 0.4) is 0 Å². The van der Waals surface area contributed by atoms with E-state index in [2.05, 4.69) is 80.8 Å². The van der Waals surface area contributed by atoms with Gasteiger partial charge in [0.15, 0.2) is 5.11 Å². The molecule has 0 amide bonds. The van der Waals surface area contributed by atoms with Crippen molar-refractivity contribution in [2.75, 3.05) is 5.32 Å². The van der Waals surface area contributed by atoms with Crippen LogP contribution in [0.2, 0.25) is 0 Å². The highest BCUT2D eigenvalue weighted by molar-refractivity contribution is 7.80. The van der Waals surface area contributed by atoms with Gasteiger partial charge in [-0.05, 0) is 68.2 Å². The highest BCUT2D eigenvalue weighted by Gasteiger charge is 2.09. The molecular weight excluding hydrogens is 288 g/mol. The smallest absolute Gasteiger partial charge is 0.171 e. The molecule has 2 N–H and O–H groups in total. The normalized spacial score (nSPS) is 11.8. The van der Waals surface area contributed by atoms with Crippen molar-refractivity contribution in [1.29, 1.82) is 0 Å². The molecular formula is C19H24N2S. The van der Waals surface area contributed by atoms with E-state index in [-0.39, 0.29) is 6.04 Å².